The lowest BCUT2D eigenvalue weighted by Crippen LogP contribution is -2.12. The fourth-order valence-electron chi connectivity index (χ4n) is 2.71. The van der Waals surface area contributed by atoms with Crippen LogP contribution in [0.2, 0.25) is 0 Å². The number of carbonyl (C=O) groups excluding carboxylic acids is 1. The normalized spacial score (nSPS) is 13.6. The van der Waals surface area contributed by atoms with Crippen molar-refractivity contribution < 1.29 is 4.79 Å². The topological polar surface area (TPSA) is 29.1 Å². The van der Waals surface area contributed by atoms with Crippen molar-refractivity contribution >= 4 is 57.3 Å². The standard InChI is InChI=1S/C17H18INOS2/c1-8(2)5-11-6-13-14(10(4)9(11)3)19-17(20)12-7-21-16(18)15(12)22-13/h6-8H,5H2,1-4H3,(H,19,20). The summed E-state index contributed by atoms with van der Waals surface area (Å²) < 4.78 is 1.18. The van der Waals surface area contributed by atoms with E-state index in [1.54, 1.807) is 23.1 Å². The molecule has 22 heavy (non-hydrogen) atoms. The first-order valence-electron chi connectivity index (χ1n) is 7.27. The van der Waals surface area contributed by atoms with E-state index in [0.29, 0.717) is 5.92 Å². The fraction of sp³-hybridized carbons (Fsp3) is 0.353. The average Bonchev–Trinajstić information content (AvgIpc) is 2.73. The van der Waals surface area contributed by atoms with Crippen LogP contribution in [0.4, 0.5) is 5.69 Å². The van der Waals surface area contributed by atoms with Crippen molar-refractivity contribution in [2.45, 2.75) is 43.9 Å². The molecule has 0 bridgehead atoms. The third kappa shape index (κ3) is 2.83. The van der Waals surface area contributed by atoms with Gasteiger partial charge in [0, 0.05) is 15.2 Å². The van der Waals surface area contributed by atoms with Gasteiger partial charge in [0.2, 0.25) is 0 Å². The van der Waals surface area contributed by atoms with Crippen LogP contribution in [-0.4, -0.2) is 5.91 Å². The van der Waals surface area contributed by atoms with Gasteiger partial charge < -0.3 is 5.32 Å². The Morgan fingerprint density at radius 1 is 1.27 bits per heavy atom. The van der Waals surface area contributed by atoms with E-state index in [2.05, 4.69) is 61.7 Å². The Bertz CT molecular complexity index is 765. The summed E-state index contributed by atoms with van der Waals surface area (Å²) >= 11 is 5.69. The molecule has 0 aliphatic carbocycles. The van der Waals surface area contributed by atoms with Crippen LogP contribution in [-0.2, 0) is 6.42 Å². The molecule has 1 aliphatic heterocycles. The lowest BCUT2D eigenvalue weighted by Gasteiger charge is -2.18. The van der Waals surface area contributed by atoms with Gasteiger partial charge in [-0.2, -0.15) is 0 Å². The van der Waals surface area contributed by atoms with E-state index in [1.165, 1.54) is 24.5 Å². The van der Waals surface area contributed by atoms with E-state index in [4.69, 9.17) is 0 Å². The molecule has 0 fully saturated rings. The summed E-state index contributed by atoms with van der Waals surface area (Å²) in [6, 6.07) is 2.27. The summed E-state index contributed by atoms with van der Waals surface area (Å²) in [7, 11) is 0. The zero-order valence-corrected chi connectivity index (χ0v) is 16.8. The number of fused-ring (bicyclic) bond motifs is 2. The van der Waals surface area contributed by atoms with E-state index in [0.717, 1.165) is 22.6 Å². The lowest BCUT2D eigenvalue weighted by molar-refractivity contribution is 0.102. The molecule has 3 rings (SSSR count). The summed E-state index contributed by atoms with van der Waals surface area (Å²) in [6.45, 7) is 8.76. The second-order valence-electron chi connectivity index (χ2n) is 6.07. The molecule has 0 unspecified atom stereocenters. The minimum absolute atomic E-state index is 0.0134. The molecule has 1 N–H and O–H groups in total. The van der Waals surface area contributed by atoms with Gasteiger partial charge in [-0.3, -0.25) is 4.79 Å². The van der Waals surface area contributed by atoms with Gasteiger partial charge in [-0.05, 0) is 71.5 Å². The minimum atomic E-state index is 0.0134. The predicted molar refractivity (Wildman–Crippen MR) is 104 cm³/mol. The van der Waals surface area contributed by atoms with Crippen molar-refractivity contribution in [1.82, 2.24) is 0 Å². The quantitative estimate of drug-likeness (QED) is 0.587. The Labute approximate surface area is 153 Å². The Balaban J connectivity index is 2.16. The van der Waals surface area contributed by atoms with Crippen LogP contribution in [0.25, 0.3) is 0 Å². The summed E-state index contributed by atoms with van der Waals surface area (Å²) in [5, 5.41) is 5.09. The smallest absolute Gasteiger partial charge is 0.257 e. The second-order valence-corrected chi connectivity index (χ2v) is 9.81. The number of hydrogen-bond acceptors (Lipinski definition) is 3. The molecule has 1 aliphatic rings. The van der Waals surface area contributed by atoms with E-state index in [9.17, 15) is 4.79 Å². The molecule has 1 aromatic heterocycles. The predicted octanol–water partition coefficient (Wildman–Crippen LogP) is 5.88. The molecular weight excluding hydrogens is 425 g/mol. The molecule has 0 saturated heterocycles. The largest absolute Gasteiger partial charge is 0.321 e. The molecule has 0 atom stereocenters. The zero-order chi connectivity index (χ0) is 16.0. The van der Waals surface area contributed by atoms with Crippen LogP contribution in [0, 0.1) is 22.6 Å². The maximum atomic E-state index is 12.5. The number of hydrogen-bond donors (Lipinski definition) is 1. The van der Waals surface area contributed by atoms with Gasteiger partial charge in [-0.25, -0.2) is 0 Å². The van der Waals surface area contributed by atoms with Gasteiger partial charge in [0.05, 0.1) is 14.1 Å². The molecule has 1 aromatic carbocycles. The summed E-state index contributed by atoms with van der Waals surface area (Å²) in [5.74, 6) is 0.637. The average molecular weight is 443 g/mol. The number of nitrogens with one attached hydrogen (secondary N) is 1. The van der Waals surface area contributed by atoms with Gasteiger partial charge in [0.1, 0.15) is 0 Å². The van der Waals surface area contributed by atoms with Gasteiger partial charge in [-0.15, -0.1) is 11.3 Å². The molecule has 0 saturated carbocycles. The van der Waals surface area contributed by atoms with Crippen LogP contribution in [0.5, 0.6) is 0 Å². The molecule has 0 spiro atoms. The van der Waals surface area contributed by atoms with Crippen LogP contribution in [0.3, 0.4) is 0 Å². The van der Waals surface area contributed by atoms with Gasteiger partial charge >= 0.3 is 0 Å². The number of halogens is 1. The number of carbonyl (C=O) groups is 1. The van der Waals surface area contributed by atoms with Crippen molar-refractivity contribution in [3.05, 3.63) is 36.6 Å². The Morgan fingerprint density at radius 2 is 2.00 bits per heavy atom. The molecule has 2 aromatic rings. The zero-order valence-electron chi connectivity index (χ0n) is 13.0. The van der Waals surface area contributed by atoms with Gasteiger partial charge in [-0.1, -0.05) is 25.6 Å². The van der Waals surface area contributed by atoms with Crippen LogP contribution < -0.4 is 5.32 Å². The molecule has 0 radical (unpaired) electrons. The highest BCUT2D eigenvalue weighted by Gasteiger charge is 2.25. The molecular formula is C17H18INOS2. The van der Waals surface area contributed by atoms with Gasteiger partial charge in [0.25, 0.3) is 5.91 Å². The first-order chi connectivity index (χ1) is 10.4. The molecule has 2 heterocycles. The second kappa shape index (κ2) is 6.17. The maximum Gasteiger partial charge on any atom is 0.257 e. The Kier molecular flexibility index (Phi) is 4.58. The van der Waals surface area contributed by atoms with Gasteiger partial charge in [0.15, 0.2) is 0 Å². The first-order valence-corrected chi connectivity index (χ1v) is 10.0. The number of amides is 1. The molecule has 2 nitrogen and oxygen atoms in total. The first kappa shape index (κ1) is 16.3. The van der Waals surface area contributed by atoms with E-state index < -0.39 is 0 Å². The number of benzene rings is 1. The minimum Gasteiger partial charge on any atom is -0.321 e. The summed E-state index contributed by atoms with van der Waals surface area (Å²) in [5.41, 5.74) is 5.67. The van der Waals surface area contributed by atoms with Crippen molar-refractivity contribution in [3.8, 4) is 0 Å². The highest BCUT2D eigenvalue weighted by Crippen LogP contribution is 2.45. The summed E-state index contributed by atoms with van der Waals surface area (Å²) in [6.07, 6.45) is 1.07. The van der Waals surface area contributed by atoms with E-state index in [-0.39, 0.29) is 5.91 Å². The SMILES string of the molecule is Cc1c(CC(C)C)cc2c(c1C)NC(=O)c1csc(I)c1S2. The third-order valence-corrected chi connectivity index (χ3v) is 7.73. The van der Waals surface area contributed by atoms with Crippen molar-refractivity contribution in [1.29, 1.82) is 0 Å². The number of thiophene rings is 1. The van der Waals surface area contributed by atoms with Crippen LogP contribution >= 0.6 is 45.7 Å². The molecule has 116 valence electrons. The van der Waals surface area contributed by atoms with E-state index in [1.807, 2.05) is 5.38 Å². The Hall–Kier alpha value is -0.530. The fourth-order valence-corrected chi connectivity index (χ4v) is 5.78. The molecule has 5 heteroatoms. The Morgan fingerprint density at radius 3 is 2.68 bits per heavy atom. The van der Waals surface area contributed by atoms with Crippen molar-refractivity contribution in [2.24, 2.45) is 5.92 Å². The van der Waals surface area contributed by atoms with Crippen LogP contribution in [0.15, 0.2) is 21.2 Å². The van der Waals surface area contributed by atoms with Crippen LogP contribution in [0.1, 0.15) is 40.9 Å². The molecule has 1 amide bonds. The third-order valence-electron chi connectivity index (χ3n) is 4.00. The van der Waals surface area contributed by atoms with Crippen molar-refractivity contribution in [2.75, 3.05) is 5.32 Å². The highest BCUT2D eigenvalue weighted by atomic mass is 127. The summed E-state index contributed by atoms with van der Waals surface area (Å²) in [4.78, 5) is 14.8. The van der Waals surface area contributed by atoms with E-state index >= 15 is 0 Å². The lowest BCUT2D eigenvalue weighted by atomic mass is 9.94. The number of anilines is 1. The monoisotopic (exact) mass is 443 g/mol. The highest BCUT2D eigenvalue weighted by molar-refractivity contribution is 14.1. The van der Waals surface area contributed by atoms with Crippen molar-refractivity contribution in [3.63, 3.8) is 0 Å². The number of rotatable bonds is 2. The maximum absolute atomic E-state index is 12.5.